The van der Waals surface area contributed by atoms with Gasteiger partial charge in [0.05, 0.1) is 34.7 Å². The number of Topliss-reactive ketones (excluding diaryl/α,β-unsaturated/α-hetero) is 1. The summed E-state index contributed by atoms with van der Waals surface area (Å²) in [6.07, 6.45) is 2.90. The minimum Gasteiger partial charge on any atom is -0.383 e. The molecule has 0 saturated carbocycles. The molecule has 1 saturated heterocycles. The third-order valence-corrected chi connectivity index (χ3v) is 6.02. The summed E-state index contributed by atoms with van der Waals surface area (Å²) in [5.41, 5.74) is 10.9. The average molecular weight is 395 g/mol. The van der Waals surface area contributed by atoms with Crippen molar-refractivity contribution in [2.24, 2.45) is 0 Å². The first kappa shape index (κ1) is 18.4. The topological polar surface area (TPSA) is 94.1 Å². The Morgan fingerprint density at radius 2 is 1.96 bits per heavy atom. The molecule has 8 heteroatoms. The number of anilines is 1. The van der Waals surface area contributed by atoms with Crippen LogP contribution in [-0.2, 0) is 0 Å². The molecule has 1 aliphatic heterocycles. The smallest absolute Gasteiger partial charge is 0.266 e. The Kier molecular flexibility index (Phi) is 4.72. The lowest BCUT2D eigenvalue weighted by Gasteiger charge is -2.23. The molecule has 2 N–H and O–H groups in total. The van der Waals surface area contributed by atoms with E-state index in [2.05, 4.69) is 10.1 Å². The number of hydrogen-bond acceptors (Lipinski definition) is 6. The van der Waals surface area contributed by atoms with Gasteiger partial charge in [-0.2, -0.15) is 5.10 Å². The van der Waals surface area contributed by atoms with Gasteiger partial charge in [0.1, 0.15) is 10.7 Å². The van der Waals surface area contributed by atoms with Gasteiger partial charge in [-0.3, -0.25) is 9.59 Å². The zero-order valence-corrected chi connectivity index (χ0v) is 16.6. The fourth-order valence-corrected chi connectivity index (χ4v) is 4.30. The van der Waals surface area contributed by atoms with E-state index in [1.807, 2.05) is 31.2 Å². The Morgan fingerprint density at radius 1 is 1.21 bits per heavy atom. The van der Waals surface area contributed by atoms with Crippen molar-refractivity contribution in [3.63, 3.8) is 0 Å². The standard InChI is InChI=1S/C20H21N5O2S/c1-12-5-7-14(8-6-12)25-19(21)15(10-23-25)17(26)16-4-3-9-24(16)20(27)18-13(2)22-11-28-18/h5-8,10-11,16H,3-4,9,21H2,1-2H3/t16-/m1/s1. The number of nitrogen functional groups attached to an aromatic ring is 1. The highest BCUT2D eigenvalue weighted by Gasteiger charge is 2.37. The maximum Gasteiger partial charge on any atom is 0.266 e. The molecule has 1 amide bonds. The number of hydrogen-bond donors (Lipinski definition) is 1. The maximum atomic E-state index is 13.2. The molecule has 0 bridgehead atoms. The highest BCUT2D eigenvalue weighted by atomic mass is 32.1. The molecule has 0 unspecified atom stereocenters. The predicted octanol–water partition coefficient (Wildman–Crippen LogP) is 3.02. The molecule has 3 heterocycles. The van der Waals surface area contributed by atoms with Gasteiger partial charge >= 0.3 is 0 Å². The molecule has 28 heavy (non-hydrogen) atoms. The second kappa shape index (κ2) is 7.20. The van der Waals surface area contributed by atoms with Crippen molar-refractivity contribution < 1.29 is 9.59 Å². The van der Waals surface area contributed by atoms with E-state index in [9.17, 15) is 9.59 Å². The van der Waals surface area contributed by atoms with Gasteiger partial charge in [0, 0.05) is 6.54 Å². The number of aryl methyl sites for hydroxylation is 2. The number of aromatic nitrogens is 3. The lowest BCUT2D eigenvalue weighted by atomic mass is 10.0. The van der Waals surface area contributed by atoms with Crippen molar-refractivity contribution >= 4 is 28.8 Å². The predicted molar refractivity (Wildman–Crippen MR) is 108 cm³/mol. The molecule has 0 spiro atoms. The Morgan fingerprint density at radius 3 is 2.64 bits per heavy atom. The van der Waals surface area contributed by atoms with E-state index in [1.165, 1.54) is 17.5 Å². The Hall–Kier alpha value is -3.00. The van der Waals surface area contributed by atoms with E-state index >= 15 is 0 Å². The molecule has 1 atom stereocenters. The van der Waals surface area contributed by atoms with E-state index in [0.717, 1.165) is 17.7 Å². The fraction of sp³-hybridized carbons (Fsp3) is 0.300. The van der Waals surface area contributed by atoms with E-state index in [0.29, 0.717) is 34.9 Å². The number of rotatable bonds is 4. The number of nitrogens with two attached hydrogens (primary N) is 1. The van der Waals surface area contributed by atoms with Crippen molar-refractivity contribution in [3.05, 3.63) is 57.7 Å². The summed E-state index contributed by atoms with van der Waals surface area (Å²) in [5.74, 6) is -0.00801. The average Bonchev–Trinajstić information content (AvgIpc) is 3.41. The van der Waals surface area contributed by atoms with Crippen molar-refractivity contribution in [1.29, 1.82) is 0 Å². The van der Waals surface area contributed by atoms with Gasteiger partial charge in [-0.15, -0.1) is 11.3 Å². The van der Waals surface area contributed by atoms with Crippen molar-refractivity contribution in [3.8, 4) is 5.69 Å². The zero-order chi connectivity index (χ0) is 19.8. The monoisotopic (exact) mass is 395 g/mol. The third-order valence-electron chi connectivity index (χ3n) is 5.11. The number of nitrogens with zero attached hydrogens (tertiary/aromatic N) is 4. The molecule has 7 nitrogen and oxygen atoms in total. The zero-order valence-electron chi connectivity index (χ0n) is 15.8. The number of thiazole rings is 1. The van der Waals surface area contributed by atoms with Crippen LogP contribution >= 0.6 is 11.3 Å². The maximum absolute atomic E-state index is 13.2. The van der Waals surface area contributed by atoms with Crippen LogP contribution in [0.1, 0.15) is 44.1 Å². The van der Waals surface area contributed by atoms with Gasteiger partial charge in [-0.05, 0) is 38.8 Å². The minimum absolute atomic E-state index is 0.139. The second-order valence-corrected chi connectivity index (χ2v) is 7.83. The Balaban J connectivity index is 1.61. The number of ketones is 1. The number of carbonyl (C=O) groups is 2. The van der Waals surface area contributed by atoms with E-state index < -0.39 is 6.04 Å². The summed E-state index contributed by atoms with van der Waals surface area (Å²) < 4.78 is 1.56. The van der Waals surface area contributed by atoms with Crippen molar-refractivity contribution in [2.75, 3.05) is 12.3 Å². The molecule has 1 aromatic carbocycles. The lowest BCUT2D eigenvalue weighted by molar-refractivity contribution is 0.0674. The molecule has 1 fully saturated rings. The SMILES string of the molecule is Cc1ccc(-n2ncc(C(=O)[C@H]3CCCN3C(=O)c3scnc3C)c2N)cc1. The molecule has 1 aliphatic rings. The highest BCUT2D eigenvalue weighted by molar-refractivity contribution is 7.11. The molecule has 3 aromatic rings. The largest absolute Gasteiger partial charge is 0.383 e. The first-order valence-electron chi connectivity index (χ1n) is 9.13. The van der Waals surface area contributed by atoms with Crippen LogP contribution < -0.4 is 5.73 Å². The van der Waals surface area contributed by atoms with Gasteiger partial charge in [0.2, 0.25) is 0 Å². The summed E-state index contributed by atoms with van der Waals surface area (Å²) in [6.45, 7) is 4.36. The molecule has 0 radical (unpaired) electrons. The number of benzene rings is 1. The normalized spacial score (nSPS) is 16.5. The van der Waals surface area contributed by atoms with E-state index in [4.69, 9.17) is 5.73 Å². The molecule has 2 aromatic heterocycles. The van der Waals surface area contributed by atoms with Gasteiger partial charge in [0.25, 0.3) is 5.91 Å². The van der Waals surface area contributed by atoms with Crippen LogP contribution in [0.25, 0.3) is 5.69 Å². The quantitative estimate of drug-likeness (QED) is 0.685. The van der Waals surface area contributed by atoms with Crippen molar-refractivity contribution in [2.45, 2.75) is 32.7 Å². The van der Waals surface area contributed by atoms with Gasteiger partial charge in [-0.1, -0.05) is 17.7 Å². The van der Waals surface area contributed by atoms with Gasteiger partial charge < -0.3 is 10.6 Å². The van der Waals surface area contributed by atoms with Crippen LogP contribution in [0.3, 0.4) is 0 Å². The minimum atomic E-state index is -0.521. The summed E-state index contributed by atoms with van der Waals surface area (Å²) in [5, 5.41) is 4.30. The Labute approximate surface area is 166 Å². The van der Waals surface area contributed by atoms with Crippen LogP contribution in [0.15, 0.2) is 36.0 Å². The summed E-state index contributed by atoms with van der Waals surface area (Å²) in [7, 11) is 0. The van der Waals surface area contributed by atoms with Crippen LogP contribution in [0.4, 0.5) is 5.82 Å². The third kappa shape index (κ3) is 3.09. The first-order valence-corrected chi connectivity index (χ1v) is 10.0. The van der Waals surface area contributed by atoms with Gasteiger partial charge in [0.15, 0.2) is 5.78 Å². The van der Waals surface area contributed by atoms with Crippen LogP contribution in [0.5, 0.6) is 0 Å². The van der Waals surface area contributed by atoms with Crippen LogP contribution in [-0.4, -0.2) is 43.9 Å². The number of likely N-dealkylation sites (tertiary alicyclic amines) is 1. The Bertz CT molecular complexity index is 1040. The summed E-state index contributed by atoms with van der Waals surface area (Å²) >= 11 is 1.30. The first-order chi connectivity index (χ1) is 13.5. The highest BCUT2D eigenvalue weighted by Crippen LogP contribution is 2.28. The molecule has 4 rings (SSSR count). The molecular weight excluding hydrogens is 374 g/mol. The number of carbonyl (C=O) groups excluding carboxylic acids is 2. The summed E-state index contributed by atoms with van der Waals surface area (Å²) in [6, 6.07) is 7.22. The lowest BCUT2D eigenvalue weighted by Crippen LogP contribution is -2.40. The van der Waals surface area contributed by atoms with E-state index in [1.54, 1.807) is 22.0 Å². The molecule has 144 valence electrons. The second-order valence-electron chi connectivity index (χ2n) is 6.98. The molecule has 0 aliphatic carbocycles. The van der Waals surface area contributed by atoms with Crippen LogP contribution in [0, 0.1) is 13.8 Å². The van der Waals surface area contributed by atoms with E-state index in [-0.39, 0.29) is 11.7 Å². The number of amides is 1. The fourth-order valence-electron chi connectivity index (χ4n) is 3.54. The summed E-state index contributed by atoms with van der Waals surface area (Å²) in [4.78, 5) is 32.5. The molecular formula is C20H21N5O2S. The van der Waals surface area contributed by atoms with Gasteiger partial charge in [-0.25, -0.2) is 9.67 Å². The van der Waals surface area contributed by atoms with Crippen molar-refractivity contribution in [1.82, 2.24) is 19.7 Å². The van der Waals surface area contributed by atoms with Crippen LogP contribution in [0.2, 0.25) is 0 Å².